The minimum absolute atomic E-state index is 0.0965. The minimum atomic E-state index is -2.70. The Morgan fingerprint density at radius 1 is 1.10 bits per heavy atom. The maximum Gasteiger partial charge on any atom is 0.408 e. The Balaban J connectivity index is 1.43. The highest BCUT2D eigenvalue weighted by atomic mass is 19.3. The lowest BCUT2D eigenvalue weighted by molar-refractivity contribution is -0.0962. The van der Waals surface area contributed by atoms with E-state index in [-0.39, 0.29) is 38.3 Å². The van der Waals surface area contributed by atoms with Crippen molar-refractivity contribution in [3.63, 3.8) is 0 Å². The number of aromatic nitrogens is 1. The molecule has 1 saturated heterocycles. The van der Waals surface area contributed by atoms with E-state index in [0.29, 0.717) is 28.2 Å². The summed E-state index contributed by atoms with van der Waals surface area (Å²) in [5.41, 5.74) is 3.25. The predicted molar refractivity (Wildman–Crippen MR) is 149 cm³/mol. The molecular formula is C31H32F3N3O4. The Kier molecular flexibility index (Phi) is 7.80. The number of carbonyl (C=O) groups excluding carboxylic acids is 1. The molecule has 0 radical (unpaired) electrons. The van der Waals surface area contributed by atoms with Gasteiger partial charge in [0.25, 0.3) is 5.92 Å². The molecular weight excluding hydrogens is 535 g/mol. The van der Waals surface area contributed by atoms with Crippen LogP contribution in [0.5, 0.6) is 0 Å². The zero-order valence-electron chi connectivity index (χ0n) is 23.1. The number of aliphatic hydroxyl groups excluding tert-OH is 1. The van der Waals surface area contributed by atoms with Crippen molar-refractivity contribution in [3.05, 3.63) is 77.9 Å². The fraction of sp³-hybridized carbons (Fsp3) is 0.355. The van der Waals surface area contributed by atoms with Gasteiger partial charge in [0.05, 0.1) is 12.2 Å². The number of pyridine rings is 1. The number of benzene rings is 2. The lowest BCUT2D eigenvalue weighted by atomic mass is 9.98. The number of halogens is 3. The van der Waals surface area contributed by atoms with Gasteiger partial charge in [0.15, 0.2) is 0 Å². The van der Waals surface area contributed by atoms with Gasteiger partial charge in [-0.1, -0.05) is 18.2 Å². The summed E-state index contributed by atoms with van der Waals surface area (Å²) < 4.78 is 52.2. The summed E-state index contributed by atoms with van der Waals surface area (Å²) in [6.45, 7) is 5.63. The molecule has 1 fully saturated rings. The summed E-state index contributed by atoms with van der Waals surface area (Å²) in [5, 5.41) is 14.2. The van der Waals surface area contributed by atoms with Gasteiger partial charge in [0.2, 0.25) is 0 Å². The van der Waals surface area contributed by atoms with Crippen LogP contribution in [0.25, 0.3) is 33.4 Å². The number of furan rings is 1. The van der Waals surface area contributed by atoms with Gasteiger partial charge in [-0.15, -0.1) is 0 Å². The van der Waals surface area contributed by atoms with Crippen molar-refractivity contribution in [1.82, 2.24) is 15.2 Å². The molecule has 3 heterocycles. The Bertz CT molecular complexity index is 1520. The van der Waals surface area contributed by atoms with E-state index in [1.54, 1.807) is 56.1 Å². The highest BCUT2D eigenvalue weighted by Crippen LogP contribution is 2.36. The van der Waals surface area contributed by atoms with Crippen molar-refractivity contribution < 1.29 is 32.2 Å². The zero-order chi connectivity index (χ0) is 29.4. The number of piperidine rings is 1. The van der Waals surface area contributed by atoms with E-state index >= 15 is 0 Å². The van der Waals surface area contributed by atoms with Gasteiger partial charge in [0, 0.05) is 54.2 Å². The monoisotopic (exact) mass is 567 g/mol. The second-order valence-corrected chi connectivity index (χ2v) is 11.3. The van der Waals surface area contributed by atoms with E-state index in [4.69, 9.17) is 9.15 Å². The number of alkyl carbamates (subject to hydrolysis) is 1. The zero-order valence-corrected chi connectivity index (χ0v) is 23.1. The SMILES string of the molecule is CC(C)(C)OC(=O)NCc1cc2cc(-c3ccc(C(O)N4CCC(F)(F)CC4)cn3)cc(-c3ccc(F)cc3)c2o1. The summed E-state index contributed by atoms with van der Waals surface area (Å²) in [5.74, 6) is -2.56. The third-order valence-corrected chi connectivity index (χ3v) is 6.88. The summed E-state index contributed by atoms with van der Waals surface area (Å²) in [4.78, 5) is 18.3. The van der Waals surface area contributed by atoms with Crippen LogP contribution in [0.4, 0.5) is 18.0 Å². The molecule has 1 atom stereocenters. The molecule has 5 rings (SSSR count). The highest BCUT2D eigenvalue weighted by Gasteiger charge is 2.36. The van der Waals surface area contributed by atoms with E-state index in [1.807, 2.05) is 18.2 Å². The number of hydrogen-bond donors (Lipinski definition) is 2. The molecule has 4 aromatic rings. The molecule has 41 heavy (non-hydrogen) atoms. The summed E-state index contributed by atoms with van der Waals surface area (Å²) in [6, 6.07) is 15.1. The molecule has 2 aromatic carbocycles. The lowest BCUT2D eigenvalue weighted by Crippen LogP contribution is -2.41. The molecule has 1 aliphatic heterocycles. The first-order valence-electron chi connectivity index (χ1n) is 13.4. The third-order valence-electron chi connectivity index (χ3n) is 6.88. The number of hydrogen-bond acceptors (Lipinski definition) is 6. The van der Waals surface area contributed by atoms with E-state index in [2.05, 4.69) is 10.3 Å². The van der Waals surface area contributed by atoms with Crippen LogP contribution in [0.15, 0.2) is 65.2 Å². The summed E-state index contributed by atoms with van der Waals surface area (Å²) in [7, 11) is 0. The maximum atomic E-state index is 13.7. The Labute approximate surface area is 235 Å². The standard InChI is InChI=1S/C31H32F3N3O4/c1-30(2,3)41-29(39)36-18-24-15-22-14-21(16-25(27(22)40-24)19-4-7-23(32)8-5-19)26-9-6-20(17-35-26)28(38)37-12-10-31(33,34)11-13-37/h4-9,14-17,28,38H,10-13,18H2,1-3H3,(H,36,39). The number of aliphatic hydroxyl groups is 1. The van der Waals surface area contributed by atoms with Crippen LogP contribution in [0.1, 0.15) is 51.2 Å². The number of alkyl halides is 2. The average molecular weight is 568 g/mol. The molecule has 2 N–H and O–H groups in total. The number of ether oxygens (including phenoxy) is 1. The van der Waals surface area contributed by atoms with Crippen molar-refractivity contribution >= 4 is 17.1 Å². The van der Waals surface area contributed by atoms with E-state index < -0.39 is 23.8 Å². The Morgan fingerprint density at radius 3 is 2.44 bits per heavy atom. The predicted octanol–water partition coefficient (Wildman–Crippen LogP) is 7.05. The lowest BCUT2D eigenvalue weighted by Gasteiger charge is -2.34. The van der Waals surface area contributed by atoms with Crippen LogP contribution >= 0.6 is 0 Å². The number of nitrogens with one attached hydrogen (secondary N) is 1. The number of rotatable bonds is 6. The minimum Gasteiger partial charge on any atom is -0.459 e. The van der Waals surface area contributed by atoms with Crippen molar-refractivity contribution in [3.8, 4) is 22.4 Å². The maximum absolute atomic E-state index is 13.7. The average Bonchev–Trinajstić information content (AvgIpc) is 3.34. The van der Waals surface area contributed by atoms with Crippen molar-refractivity contribution in [2.75, 3.05) is 13.1 Å². The van der Waals surface area contributed by atoms with Crippen molar-refractivity contribution in [1.29, 1.82) is 0 Å². The van der Waals surface area contributed by atoms with Crippen LogP contribution in [0.2, 0.25) is 0 Å². The van der Waals surface area contributed by atoms with Gasteiger partial charge in [-0.3, -0.25) is 9.88 Å². The van der Waals surface area contributed by atoms with Gasteiger partial charge >= 0.3 is 6.09 Å². The quantitative estimate of drug-likeness (QED) is 0.260. The van der Waals surface area contributed by atoms with Crippen LogP contribution in [-0.2, 0) is 11.3 Å². The first-order valence-corrected chi connectivity index (χ1v) is 13.4. The number of amides is 1. The molecule has 10 heteroatoms. The molecule has 0 spiro atoms. The van der Waals surface area contributed by atoms with Crippen LogP contribution in [-0.4, -0.2) is 45.7 Å². The smallest absolute Gasteiger partial charge is 0.408 e. The van der Waals surface area contributed by atoms with Crippen molar-refractivity contribution in [2.45, 2.75) is 57.9 Å². The molecule has 7 nitrogen and oxygen atoms in total. The van der Waals surface area contributed by atoms with Crippen LogP contribution in [0, 0.1) is 5.82 Å². The van der Waals surface area contributed by atoms with E-state index in [1.165, 1.54) is 12.1 Å². The molecule has 1 amide bonds. The van der Waals surface area contributed by atoms with Gasteiger partial charge < -0.3 is 19.6 Å². The molecule has 1 unspecified atom stereocenters. The van der Waals surface area contributed by atoms with Crippen LogP contribution < -0.4 is 5.32 Å². The van der Waals surface area contributed by atoms with E-state index in [9.17, 15) is 23.1 Å². The molecule has 2 aromatic heterocycles. The van der Waals surface area contributed by atoms with Crippen LogP contribution in [0.3, 0.4) is 0 Å². The molecule has 216 valence electrons. The summed E-state index contributed by atoms with van der Waals surface area (Å²) in [6.07, 6.45) is -0.635. The van der Waals surface area contributed by atoms with Gasteiger partial charge in [-0.2, -0.15) is 0 Å². The Morgan fingerprint density at radius 2 is 1.80 bits per heavy atom. The second-order valence-electron chi connectivity index (χ2n) is 11.3. The first-order chi connectivity index (χ1) is 19.4. The third kappa shape index (κ3) is 6.89. The number of nitrogens with zero attached hydrogens (tertiary/aromatic N) is 2. The Hall–Kier alpha value is -3.89. The summed E-state index contributed by atoms with van der Waals surface area (Å²) >= 11 is 0. The van der Waals surface area contributed by atoms with Crippen molar-refractivity contribution in [2.24, 2.45) is 0 Å². The fourth-order valence-corrected chi connectivity index (χ4v) is 4.79. The highest BCUT2D eigenvalue weighted by molar-refractivity contribution is 5.96. The fourth-order valence-electron chi connectivity index (χ4n) is 4.79. The second kappa shape index (κ2) is 11.2. The molecule has 0 saturated carbocycles. The van der Waals surface area contributed by atoms with Gasteiger partial charge in [0.1, 0.15) is 29.0 Å². The van der Waals surface area contributed by atoms with E-state index in [0.717, 1.165) is 16.5 Å². The molecule has 0 aliphatic carbocycles. The number of likely N-dealkylation sites (tertiary alicyclic amines) is 1. The molecule has 1 aliphatic rings. The number of carbonyl (C=O) groups is 1. The van der Waals surface area contributed by atoms with Gasteiger partial charge in [-0.25, -0.2) is 18.0 Å². The molecule has 0 bridgehead atoms. The first kappa shape index (κ1) is 28.6. The largest absolute Gasteiger partial charge is 0.459 e. The topological polar surface area (TPSA) is 87.8 Å². The van der Waals surface area contributed by atoms with Gasteiger partial charge in [-0.05, 0) is 62.7 Å². The number of fused-ring (bicyclic) bond motifs is 1. The normalized spacial score (nSPS) is 16.5.